The van der Waals surface area contributed by atoms with Gasteiger partial charge in [0, 0.05) is 6.04 Å². The van der Waals surface area contributed by atoms with Crippen molar-refractivity contribution in [2.24, 2.45) is 0 Å². The number of alkyl halides is 4. The number of anilines is 1. The van der Waals surface area contributed by atoms with Gasteiger partial charge in [0.2, 0.25) is 5.95 Å². The van der Waals surface area contributed by atoms with Crippen molar-refractivity contribution in [1.29, 1.82) is 0 Å². The van der Waals surface area contributed by atoms with E-state index in [4.69, 9.17) is 17.3 Å². The van der Waals surface area contributed by atoms with Crippen molar-refractivity contribution in [3.8, 4) is 5.75 Å². The first kappa shape index (κ1) is 21.5. The van der Waals surface area contributed by atoms with Crippen LogP contribution in [-0.4, -0.2) is 27.3 Å². The first-order valence-electron chi connectivity index (χ1n) is 7.96. The van der Waals surface area contributed by atoms with Crippen LogP contribution in [0.5, 0.6) is 5.75 Å². The maximum absolute atomic E-state index is 13.0. The second kappa shape index (κ2) is 8.51. The Hall–Kier alpha value is -2.75. The SMILES string of the molecule is C=C(C)/C(Cl)=C(/NC(C)c1ccc(OC(F)(F)C(F)F)cc1)n1ncnc1N. The van der Waals surface area contributed by atoms with Crippen molar-refractivity contribution in [2.75, 3.05) is 5.73 Å². The number of aromatic nitrogens is 3. The van der Waals surface area contributed by atoms with Gasteiger partial charge in [-0.05, 0) is 37.1 Å². The summed E-state index contributed by atoms with van der Waals surface area (Å²) in [6.07, 6.45) is -7.25. The van der Waals surface area contributed by atoms with Gasteiger partial charge in [-0.15, -0.1) is 0 Å². The monoisotopic (exact) mass is 419 g/mol. The lowest BCUT2D eigenvalue weighted by molar-refractivity contribution is -0.253. The smallest absolute Gasteiger partial charge is 0.428 e. The first-order chi connectivity index (χ1) is 13.0. The minimum atomic E-state index is -4.57. The van der Waals surface area contributed by atoms with Crippen molar-refractivity contribution in [2.45, 2.75) is 32.4 Å². The summed E-state index contributed by atoms with van der Waals surface area (Å²) in [4.78, 5) is 3.84. The summed E-state index contributed by atoms with van der Waals surface area (Å²) in [7, 11) is 0. The van der Waals surface area contributed by atoms with E-state index in [0.29, 0.717) is 17.0 Å². The Kier molecular flexibility index (Phi) is 6.55. The lowest BCUT2D eigenvalue weighted by atomic mass is 10.1. The van der Waals surface area contributed by atoms with E-state index in [0.717, 1.165) is 12.1 Å². The number of nitrogens with zero attached hydrogens (tertiary/aromatic N) is 3. The minimum absolute atomic E-state index is 0.0899. The fraction of sp³-hybridized carbons (Fsp3) is 0.294. The van der Waals surface area contributed by atoms with E-state index in [1.165, 1.54) is 23.1 Å². The topological polar surface area (TPSA) is 78.0 Å². The van der Waals surface area contributed by atoms with Gasteiger partial charge in [0.05, 0.1) is 5.03 Å². The molecule has 0 radical (unpaired) electrons. The van der Waals surface area contributed by atoms with E-state index in [1.54, 1.807) is 13.8 Å². The summed E-state index contributed by atoms with van der Waals surface area (Å²) in [5.41, 5.74) is 6.95. The number of ether oxygens (including phenoxy) is 1. The molecule has 0 saturated heterocycles. The maximum atomic E-state index is 13.0. The molecular weight excluding hydrogens is 402 g/mol. The zero-order chi connectivity index (χ0) is 21.1. The third kappa shape index (κ3) is 4.94. The number of nitrogen functional groups attached to an aromatic ring is 1. The predicted octanol–water partition coefficient (Wildman–Crippen LogP) is 4.39. The van der Waals surface area contributed by atoms with Crippen LogP contribution in [0.15, 0.2) is 47.8 Å². The normalized spacial score (nSPS) is 13.9. The van der Waals surface area contributed by atoms with Crippen LogP contribution in [0, 0.1) is 0 Å². The van der Waals surface area contributed by atoms with E-state index in [2.05, 4.69) is 26.7 Å². The molecule has 0 saturated carbocycles. The lowest BCUT2D eigenvalue weighted by Crippen LogP contribution is -2.33. The standard InChI is InChI=1S/C17H18ClF4N5O/c1-9(2)13(18)14(27-16(23)24-8-25-27)26-10(3)11-4-6-12(7-5-11)28-17(21,22)15(19)20/h4-8,10,15,26H,1H2,2-3H3,(H2,23,24,25)/b14-13+. The van der Waals surface area contributed by atoms with E-state index in [1.807, 2.05) is 0 Å². The highest BCUT2D eigenvalue weighted by Crippen LogP contribution is 2.29. The quantitative estimate of drug-likeness (QED) is 0.490. The maximum Gasteiger partial charge on any atom is 0.461 e. The highest BCUT2D eigenvalue weighted by atomic mass is 35.5. The fourth-order valence-corrected chi connectivity index (χ4v) is 2.29. The number of nitrogens with one attached hydrogen (secondary N) is 1. The Morgan fingerprint density at radius 1 is 1.32 bits per heavy atom. The molecule has 1 heterocycles. The van der Waals surface area contributed by atoms with Crippen LogP contribution in [0.1, 0.15) is 25.5 Å². The van der Waals surface area contributed by atoms with Gasteiger partial charge in [0.1, 0.15) is 12.1 Å². The number of hydrogen-bond donors (Lipinski definition) is 2. The zero-order valence-corrected chi connectivity index (χ0v) is 15.7. The van der Waals surface area contributed by atoms with Gasteiger partial charge in [-0.1, -0.05) is 30.3 Å². The van der Waals surface area contributed by atoms with Gasteiger partial charge in [-0.25, -0.2) is 0 Å². The van der Waals surface area contributed by atoms with E-state index < -0.39 is 24.3 Å². The van der Waals surface area contributed by atoms with E-state index >= 15 is 0 Å². The van der Waals surface area contributed by atoms with Crippen LogP contribution < -0.4 is 15.8 Å². The van der Waals surface area contributed by atoms with Gasteiger partial charge in [-0.3, -0.25) is 0 Å². The molecule has 6 nitrogen and oxygen atoms in total. The molecular formula is C17H18ClF4N5O. The molecule has 0 aliphatic rings. The molecule has 28 heavy (non-hydrogen) atoms. The van der Waals surface area contributed by atoms with Gasteiger partial charge in [0.15, 0.2) is 5.82 Å². The Morgan fingerprint density at radius 3 is 2.39 bits per heavy atom. The number of allylic oxidation sites excluding steroid dienone is 2. The van der Waals surface area contributed by atoms with Crippen LogP contribution in [0.25, 0.3) is 5.82 Å². The van der Waals surface area contributed by atoms with E-state index in [-0.39, 0.29) is 11.0 Å². The molecule has 1 aromatic carbocycles. The largest absolute Gasteiger partial charge is 0.461 e. The number of nitrogens with two attached hydrogens (primary N) is 1. The van der Waals surface area contributed by atoms with Crippen LogP contribution in [0.4, 0.5) is 23.5 Å². The van der Waals surface area contributed by atoms with Gasteiger partial charge in [0.25, 0.3) is 0 Å². The zero-order valence-electron chi connectivity index (χ0n) is 15.0. The highest BCUT2D eigenvalue weighted by molar-refractivity contribution is 6.34. The van der Waals surface area contributed by atoms with Crippen LogP contribution in [0.3, 0.4) is 0 Å². The van der Waals surface area contributed by atoms with E-state index in [9.17, 15) is 17.6 Å². The number of halogens is 5. The molecule has 2 aromatic rings. The van der Waals surface area contributed by atoms with Crippen molar-refractivity contribution >= 4 is 23.4 Å². The molecule has 1 atom stereocenters. The number of hydrogen-bond acceptors (Lipinski definition) is 5. The van der Waals surface area contributed by atoms with Gasteiger partial charge >= 0.3 is 12.5 Å². The van der Waals surface area contributed by atoms with Gasteiger partial charge in [-0.2, -0.15) is 32.3 Å². The van der Waals surface area contributed by atoms with Gasteiger partial charge < -0.3 is 15.8 Å². The molecule has 1 unspecified atom stereocenters. The Bertz CT molecular complexity index is 867. The van der Waals surface area contributed by atoms with Crippen molar-refractivity contribution in [3.05, 3.63) is 53.3 Å². The number of rotatable bonds is 8. The lowest BCUT2D eigenvalue weighted by Gasteiger charge is -2.21. The summed E-state index contributed by atoms with van der Waals surface area (Å²) in [6, 6.07) is 4.84. The minimum Gasteiger partial charge on any atom is -0.428 e. The summed E-state index contributed by atoms with van der Waals surface area (Å²) in [6.45, 7) is 7.23. The third-order valence-corrected chi connectivity index (χ3v) is 4.11. The van der Waals surface area contributed by atoms with Crippen LogP contribution in [0.2, 0.25) is 0 Å². The Labute approximate surface area is 163 Å². The highest BCUT2D eigenvalue weighted by Gasteiger charge is 2.43. The fourth-order valence-electron chi connectivity index (χ4n) is 2.16. The number of benzene rings is 1. The summed E-state index contributed by atoms with van der Waals surface area (Å²) >= 11 is 6.30. The van der Waals surface area contributed by atoms with Crippen LogP contribution in [-0.2, 0) is 0 Å². The third-order valence-electron chi connectivity index (χ3n) is 3.61. The molecule has 3 N–H and O–H groups in total. The van der Waals surface area contributed by atoms with Crippen LogP contribution >= 0.6 is 11.6 Å². The average Bonchev–Trinajstić information content (AvgIpc) is 3.04. The summed E-state index contributed by atoms with van der Waals surface area (Å²) < 4.78 is 55.7. The molecule has 11 heteroatoms. The molecule has 152 valence electrons. The molecule has 1 aromatic heterocycles. The molecule has 0 spiro atoms. The summed E-state index contributed by atoms with van der Waals surface area (Å²) in [5.74, 6) is 0.0193. The van der Waals surface area contributed by atoms with Crippen molar-refractivity contribution in [1.82, 2.24) is 20.1 Å². The Morgan fingerprint density at radius 2 is 1.93 bits per heavy atom. The average molecular weight is 420 g/mol. The molecule has 0 aliphatic heterocycles. The summed E-state index contributed by atoms with van der Waals surface area (Å²) in [5, 5.41) is 7.36. The molecule has 0 aliphatic carbocycles. The van der Waals surface area contributed by atoms with Crippen molar-refractivity contribution < 1.29 is 22.3 Å². The molecule has 0 fully saturated rings. The molecule has 2 rings (SSSR count). The molecule has 0 bridgehead atoms. The second-order valence-corrected chi connectivity index (χ2v) is 6.25. The molecule has 0 amide bonds. The predicted molar refractivity (Wildman–Crippen MR) is 97.9 cm³/mol. The second-order valence-electron chi connectivity index (χ2n) is 5.87. The Balaban J connectivity index is 2.23. The first-order valence-corrected chi connectivity index (χ1v) is 8.33. The van der Waals surface area contributed by atoms with Crippen molar-refractivity contribution in [3.63, 3.8) is 0 Å².